The van der Waals surface area contributed by atoms with E-state index in [1.807, 2.05) is 12.1 Å². The lowest BCUT2D eigenvalue weighted by Gasteiger charge is -2.29. The van der Waals surface area contributed by atoms with Gasteiger partial charge in [-0.25, -0.2) is 5.43 Å². The van der Waals surface area contributed by atoms with Crippen LogP contribution in [0, 0.1) is 10.1 Å². The molecule has 1 N–H and O–H groups in total. The van der Waals surface area contributed by atoms with Crippen molar-refractivity contribution in [2.24, 2.45) is 5.10 Å². The third-order valence-corrected chi connectivity index (χ3v) is 5.64. The average molecular weight is 449 g/mol. The lowest BCUT2D eigenvalue weighted by molar-refractivity contribution is -0.384. The van der Waals surface area contributed by atoms with Crippen LogP contribution < -0.4 is 10.3 Å². The van der Waals surface area contributed by atoms with E-state index in [2.05, 4.69) is 15.4 Å². The van der Waals surface area contributed by atoms with Crippen LogP contribution in [0.2, 0.25) is 5.02 Å². The van der Waals surface area contributed by atoms with Crippen molar-refractivity contribution >= 4 is 46.9 Å². The molecule has 30 heavy (non-hydrogen) atoms. The molecular weight excluding hydrogens is 428 g/mol. The van der Waals surface area contributed by atoms with E-state index < -0.39 is 4.92 Å². The van der Waals surface area contributed by atoms with Crippen molar-refractivity contribution in [2.45, 2.75) is 11.3 Å². The number of amides is 1. The van der Waals surface area contributed by atoms with Crippen LogP contribution in [0.5, 0.6) is 0 Å². The Kier molecular flexibility index (Phi) is 8.06. The number of morpholine rings is 1. The molecule has 1 fully saturated rings. The van der Waals surface area contributed by atoms with Crippen LogP contribution in [-0.2, 0) is 9.53 Å². The molecule has 1 amide bonds. The van der Waals surface area contributed by atoms with Crippen molar-refractivity contribution in [2.75, 3.05) is 37.0 Å². The number of nitrogens with one attached hydrogen (secondary N) is 1. The number of carbonyl (C=O) groups excluding carboxylic acids is 1. The topological polar surface area (TPSA) is 97.1 Å². The van der Waals surface area contributed by atoms with Gasteiger partial charge in [0, 0.05) is 58.6 Å². The number of nitro groups is 1. The van der Waals surface area contributed by atoms with Crippen molar-refractivity contribution in [3.8, 4) is 0 Å². The molecule has 0 aliphatic carbocycles. The van der Waals surface area contributed by atoms with Gasteiger partial charge in [-0.15, -0.1) is 11.8 Å². The average Bonchev–Trinajstić information content (AvgIpc) is 2.75. The number of anilines is 1. The molecule has 1 saturated heterocycles. The van der Waals surface area contributed by atoms with Gasteiger partial charge >= 0.3 is 0 Å². The molecule has 0 spiro atoms. The molecule has 2 aromatic carbocycles. The van der Waals surface area contributed by atoms with E-state index >= 15 is 0 Å². The molecule has 10 heteroatoms. The number of ether oxygens (including phenoxy) is 1. The molecule has 1 aliphatic heterocycles. The van der Waals surface area contributed by atoms with Gasteiger partial charge in [0.05, 0.1) is 24.4 Å². The minimum atomic E-state index is -0.451. The van der Waals surface area contributed by atoms with Gasteiger partial charge in [-0.1, -0.05) is 11.6 Å². The summed E-state index contributed by atoms with van der Waals surface area (Å²) in [5.41, 5.74) is 3.85. The highest BCUT2D eigenvalue weighted by Gasteiger charge is 2.17. The molecule has 0 saturated carbocycles. The second-order valence-electron chi connectivity index (χ2n) is 6.45. The number of hydrogen-bond donors (Lipinski definition) is 1. The number of hydrogen-bond acceptors (Lipinski definition) is 7. The maximum Gasteiger partial charge on any atom is 0.270 e. The molecule has 8 nitrogen and oxygen atoms in total. The Morgan fingerprint density at radius 2 is 2.00 bits per heavy atom. The zero-order chi connectivity index (χ0) is 21.3. The van der Waals surface area contributed by atoms with E-state index in [1.165, 1.54) is 18.3 Å². The van der Waals surface area contributed by atoms with Crippen LogP contribution in [-0.4, -0.2) is 49.1 Å². The van der Waals surface area contributed by atoms with Gasteiger partial charge < -0.3 is 9.64 Å². The highest BCUT2D eigenvalue weighted by Crippen LogP contribution is 2.25. The third-order valence-electron chi connectivity index (χ3n) is 4.38. The molecular formula is C20H21ClN4O4S. The summed E-state index contributed by atoms with van der Waals surface area (Å²) < 4.78 is 5.36. The molecule has 0 bridgehead atoms. The number of benzene rings is 2. The number of nitrogens with zero attached hydrogens (tertiary/aromatic N) is 3. The standard InChI is InChI=1S/C20H21ClN4O4S/c21-16-1-4-18(5-2-16)30-12-7-20(26)23-22-14-15-13-17(25(27)28)3-6-19(15)24-8-10-29-11-9-24/h1-6,13-14H,7-12H2,(H,23,26)/b22-14-. The van der Waals surface area contributed by atoms with Gasteiger partial charge in [-0.05, 0) is 30.3 Å². The summed E-state index contributed by atoms with van der Waals surface area (Å²) in [6.45, 7) is 2.56. The lowest BCUT2D eigenvalue weighted by Crippen LogP contribution is -2.36. The highest BCUT2D eigenvalue weighted by atomic mass is 35.5. The van der Waals surface area contributed by atoms with Gasteiger partial charge in [0.15, 0.2) is 0 Å². The minimum absolute atomic E-state index is 0.0286. The Morgan fingerprint density at radius 3 is 2.70 bits per heavy atom. The fraction of sp³-hybridized carbons (Fsp3) is 0.300. The first kappa shape index (κ1) is 22.1. The van der Waals surface area contributed by atoms with Crippen LogP contribution in [0.3, 0.4) is 0 Å². The number of carbonyl (C=O) groups is 1. The summed E-state index contributed by atoms with van der Waals surface area (Å²) >= 11 is 7.40. The predicted molar refractivity (Wildman–Crippen MR) is 119 cm³/mol. The van der Waals surface area contributed by atoms with Crippen LogP contribution in [0.15, 0.2) is 52.5 Å². The van der Waals surface area contributed by atoms with Crippen LogP contribution >= 0.6 is 23.4 Å². The molecule has 1 aliphatic rings. The first-order chi connectivity index (χ1) is 14.5. The van der Waals surface area contributed by atoms with Gasteiger partial charge in [0.25, 0.3) is 5.69 Å². The first-order valence-corrected chi connectivity index (χ1v) is 10.7. The SMILES string of the molecule is O=C(CCSc1ccc(Cl)cc1)N/N=C\c1cc([N+](=O)[O-])ccc1N1CCOCC1. The smallest absolute Gasteiger partial charge is 0.270 e. The number of hydrazone groups is 1. The van der Waals surface area contributed by atoms with E-state index in [-0.39, 0.29) is 18.0 Å². The zero-order valence-electron chi connectivity index (χ0n) is 16.1. The molecule has 2 aromatic rings. The fourth-order valence-corrected chi connectivity index (χ4v) is 3.85. The van der Waals surface area contributed by atoms with Crippen molar-refractivity contribution in [3.63, 3.8) is 0 Å². The van der Waals surface area contributed by atoms with Gasteiger partial charge in [-0.3, -0.25) is 14.9 Å². The molecule has 0 aromatic heterocycles. The van der Waals surface area contributed by atoms with E-state index in [0.717, 1.165) is 10.6 Å². The second kappa shape index (κ2) is 11.0. The predicted octanol–water partition coefficient (Wildman–Crippen LogP) is 3.72. The minimum Gasteiger partial charge on any atom is -0.378 e. The van der Waals surface area contributed by atoms with E-state index in [1.54, 1.807) is 30.0 Å². The molecule has 158 valence electrons. The molecule has 0 unspecified atom stereocenters. The summed E-state index contributed by atoms with van der Waals surface area (Å²) in [5.74, 6) is 0.366. The fourth-order valence-electron chi connectivity index (χ4n) is 2.87. The van der Waals surface area contributed by atoms with Crippen LogP contribution in [0.4, 0.5) is 11.4 Å². The number of rotatable bonds is 8. The summed E-state index contributed by atoms with van der Waals surface area (Å²) in [4.78, 5) is 25.8. The lowest BCUT2D eigenvalue weighted by atomic mass is 10.1. The van der Waals surface area contributed by atoms with Crippen molar-refractivity contribution < 1.29 is 14.5 Å². The molecule has 0 radical (unpaired) electrons. The number of thioether (sulfide) groups is 1. The summed E-state index contributed by atoms with van der Waals surface area (Å²) in [5, 5.41) is 15.8. The van der Waals surface area contributed by atoms with Gasteiger partial charge in [0.2, 0.25) is 5.91 Å². The number of non-ortho nitro benzene ring substituents is 1. The maximum absolute atomic E-state index is 12.0. The van der Waals surface area contributed by atoms with Crippen molar-refractivity contribution in [1.82, 2.24) is 5.43 Å². The highest BCUT2D eigenvalue weighted by molar-refractivity contribution is 7.99. The summed E-state index contributed by atoms with van der Waals surface area (Å²) in [7, 11) is 0. The molecule has 1 heterocycles. The Balaban J connectivity index is 1.58. The summed E-state index contributed by atoms with van der Waals surface area (Å²) in [6.07, 6.45) is 1.73. The largest absolute Gasteiger partial charge is 0.378 e. The number of nitro benzene ring substituents is 1. The zero-order valence-corrected chi connectivity index (χ0v) is 17.7. The second-order valence-corrected chi connectivity index (χ2v) is 8.05. The van der Waals surface area contributed by atoms with Crippen LogP contribution in [0.25, 0.3) is 0 Å². The van der Waals surface area contributed by atoms with Crippen molar-refractivity contribution in [3.05, 3.63) is 63.2 Å². The maximum atomic E-state index is 12.0. The van der Waals surface area contributed by atoms with Gasteiger partial charge in [-0.2, -0.15) is 5.10 Å². The van der Waals surface area contributed by atoms with E-state index in [9.17, 15) is 14.9 Å². The normalized spacial score (nSPS) is 14.1. The molecule has 3 rings (SSSR count). The summed E-state index contributed by atoms with van der Waals surface area (Å²) in [6, 6.07) is 12.0. The number of halogens is 1. The third kappa shape index (κ3) is 6.45. The quantitative estimate of drug-likeness (QED) is 0.286. The monoisotopic (exact) mass is 448 g/mol. The first-order valence-electron chi connectivity index (χ1n) is 9.34. The van der Waals surface area contributed by atoms with Crippen molar-refractivity contribution in [1.29, 1.82) is 0 Å². The van der Waals surface area contributed by atoms with E-state index in [0.29, 0.717) is 42.6 Å². The Morgan fingerprint density at radius 1 is 1.27 bits per heavy atom. The Labute approximate surface area is 183 Å². The van der Waals surface area contributed by atoms with Crippen LogP contribution in [0.1, 0.15) is 12.0 Å². The Hall–Kier alpha value is -2.62. The van der Waals surface area contributed by atoms with Gasteiger partial charge in [0.1, 0.15) is 0 Å². The Bertz CT molecular complexity index is 918. The molecule has 0 atom stereocenters. The van der Waals surface area contributed by atoms with E-state index in [4.69, 9.17) is 16.3 Å².